The van der Waals surface area contributed by atoms with Crippen molar-refractivity contribution in [3.63, 3.8) is 0 Å². The molecule has 0 amide bonds. The summed E-state index contributed by atoms with van der Waals surface area (Å²) in [6, 6.07) is 0. The Kier molecular flexibility index (Phi) is 6.05. The minimum absolute atomic E-state index is 0.00127. The molecule has 1 aromatic heterocycles. The summed E-state index contributed by atoms with van der Waals surface area (Å²) >= 11 is 0. The molecule has 0 radical (unpaired) electrons. The molecule has 0 aliphatic carbocycles. The van der Waals surface area contributed by atoms with Crippen LogP contribution in [-0.2, 0) is 32.2 Å². The number of rotatable bonds is 8. The molecule has 0 saturated heterocycles. The van der Waals surface area contributed by atoms with Crippen molar-refractivity contribution in [1.82, 2.24) is 14.5 Å². The summed E-state index contributed by atoms with van der Waals surface area (Å²) in [5.41, 5.74) is 0.529. The predicted octanol–water partition coefficient (Wildman–Crippen LogP) is -0.369. The first kappa shape index (κ1) is 17.8. The van der Waals surface area contributed by atoms with E-state index in [1.807, 2.05) is 0 Å². The van der Waals surface area contributed by atoms with Crippen LogP contribution in [0.15, 0.2) is 4.90 Å². The van der Waals surface area contributed by atoms with Crippen LogP contribution in [0, 0.1) is 13.8 Å². The highest BCUT2D eigenvalue weighted by atomic mass is 32.2. The largest absolute Gasteiger partial charge is 0.480 e. The van der Waals surface area contributed by atoms with Crippen LogP contribution in [0.25, 0.3) is 0 Å². The van der Waals surface area contributed by atoms with Gasteiger partial charge in [-0.3, -0.25) is 13.7 Å². The van der Waals surface area contributed by atoms with Gasteiger partial charge in [-0.2, -0.15) is 5.10 Å². The number of nitrogens with one attached hydrogen (secondary N) is 1. The molecule has 0 spiro atoms. The smallest absolute Gasteiger partial charge is 0.325 e. The average molecular weight is 337 g/mol. The van der Waals surface area contributed by atoms with Gasteiger partial charge >= 0.3 is 5.97 Å². The highest BCUT2D eigenvalue weighted by Crippen LogP contribution is 2.19. The van der Waals surface area contributed by atoms with E-state index in [4.69, 9.17) is 5.11 Å². The second kappa shape index (κ2) is 7.14. The number of hydrogen-bond donors (Lipinski definition) is 2. The second-order valence-electron chi connectivity index (χ2n) is 4.58. The van der Waals surface area contributed by atoms with E-state index in [1.165, 1.54) is 13.8 Å². The van der Waals surface area contributed by atoms with Crippen molar-refractivity contribution in [2.24, 2.45) is 0 Å². The van der Waals surface area contributed by atoms with Crippen molar-refractivity contribution in [2.45, 2.75) is 31.7 Å². The molecular weight excluding hydrogens is 318 g/mol. The standard InChI is InChI=1S/C11H19N3O5S2/c1-8-11(9(2)14(13-8)7-10(15)16)21(18,19)12-5-4-6-20(3)17/h12H,4-7H2,1-3H3,(H,15,16). The Labute approximate surface area is 126 Å². The SMILES string of the molecule is Cc1nn(CC(=O)O)c(C)c1S(=O)(=O)NCCCS(C)=O. The van der Waals surface area contributed by atoms with Crippen molar-refractivity contribution in [2.75, 3.05) is 18.6 Å². The van der Waals surface area contributed by atoms with E-state index in [2.05, 4.69) is 9.82 Å². The number of carboxylic acid groups (broad SMARTS) is 1. The minimum atomic E-state index is -3.76. The average Bonchev–Trinajstić information content (AvgIpc) is 2.59. The zero-order valence-corrected chi connectivity index (χ0v) is 13.8. The number of nitrogens with zero attached hydrogens (tertiary/aromatic N) is 2. The summed E-state index contributed by atoms with van der Waals surface area (Å²) in [6.07, 6.45) is 2.02. The van der Waals surface area contributed by atoms with Crippen LogP contribution >= 0.6 is 0 Å². The van der Waals surface area contributed by atoms with Gasteiger partial charge < -0.3 is 5.11 Å². The zero-order valence-electron chi connectivity index (χ0n) is 12.1. The Bertz CT molecular complexity index is 651. The third-order valence-corrected chi connectivity index (χ3v) is 5.35. The molecule has 10 heteroatoms. The molecule has 1 atom stereocenters. The van der Waals surface area contributed by atoms with Crippen molar-refractivity contribution in [3.05, 3.63) is 11.4 Å². The van der Waals surface area contributed by atoms with Crippen molar-refractivity contribution in [1.29, 1.82) is 0 Å². The summed E-state index contributed by atoms with van der Waals surface area (Å²) in [4.78, 5) is 10.7. The molecule has 1 unspecified atom stereocenters. The van der Waals surface area contributed by atoms with E-state index in [9.17, 15) is 17.4 Å². The van der Waals surface area contributed by atoms with Gasteiger partial charge in [0.1, 0.15) is 11.4 Å². The fourth-order valence-corrected chi connectivity index (χ4v) is 3.94. The molecular formula is C11H19N3O5S2. The fraction of sp³-hybridized carbons (Fsp3) is 0.636. The molecule has 0 fully saturated rings. The third kappa shape index (κ3) is 4.90. The van der Waals surface area contributed by atoms with Gasteiger partial charge in [-0.05, 0) is 20.3 Å². The van der Waals surface area contributed by atoms with E-state index >= 15 is 0 Å². The lowest BCUT2D eigenvalue weighted by molar-refractivity contribution is -0.137. The normalized spacial score (nSPS) is 13.3. The molecule has 0 saturated carbocycles. The molecule has 0 aliphatic rings. The molecule has 0 bridgehead atoms. The zero-order chi connectivity index (χ0) is 16.2. The molecule has 1 rings (SSSR count). The predicted molar refractivity (Wildman–Crippen MR) is 78.1 cm³/mol. The Hall–Kier alpha value is -1.26. The maximum atomic E-state index is 12.2. The lowest BCUT2D eigenvalue weighted by atomic mass is 10.4. The van der Waals surface area contributed by atoms with E-state index in [-0.39, 0.29) is 22.8 Å². The first-order chi connectivity index (χ1) is 9.65. The minimum Gasteiger partial charge on any atom is -0.480 e. The quantitative estimate of drug-likeness (QED) is 0.625. The van der Waals surface area contributed by atoms with E-state index in [0.717, 1.165) is 4.68 Å². The number of carboxylic acids is 1. The van der Waals surface area contributed by atoms with Crippen molar-refractivity contribution < 1.29 is 22.5 Å². The number of hydrogen-bond acceptors (Lipinski definition) is 5. The number of carbonyl (C=O) groups is 1. The first-order valence-corrected chi connectivity index (χ1v) is 9.41. The molecule has 8 nitrogen and oxygen atoms in total. The van der Waals surface area contributed by atoms with Crippen LogP contribution in [-0.4, -0.2) is 52.0 Å². The van der Waals surface area contributed by atoms with Gasteiger partial charge in [0, 0.05) is 29.4 Å². The van der Waals surface area contributed by atoms with Crippen LogP contribution in [0.3, 0.4) is 0 Å². The van der Waals surface area contributed by atoms with Crippen molar-refractivity contribution in [3.8, 4) is 0 Å². The fourth-order valence-electron chi connectivity index (χ4n) is 1.91. The molecule has 120 valence electrons. The molecule has 1 aromatic rings. The Morgan fingerprint density at radius 1 is 1.43 bits per heavy atom. The molecule has 1 heterocycles. The highest BCUT2D eigenvalue weighted by Gasteiger charge is 2.24. The summed E-state index contributed by atoms with van der Waals surface area (Å²) in [5, 5.41) is 12.7. The highest BCUT2D eigenvalue weighted by molar-refractivity contribution is 7.89. The molecule has 21 heavy (non-hydrogen) atoms. The summed E-state index contributed by atoms with van der Waals surface area (Å²) in [6.45, 7) is 2.81. The van der Waals surface area contributed by atoms with Crippen LogP contribution in [0.2, 0.25) is 0 Å². The summed E-state index contributed by atoms with van der Waals surface area (Å²) in [7, 11) is -4.73. The summed E-state index contributed by atoms with van der Waals surface area (Å²) < 4.78 is 38.9. The van der Waals surface area contributed by atoms with Gasteiger partial charge in [-0.15, -0.1) is 0 Å². The maximum Gasteiger partial charge on any atom is 0.325 e. The van der Waals surface area contributed by atoms with Gasteiger partial charge in [0.2, 0.25) is 10.0 Å². The van der Waals surface area contributed by atoms with Gasteiger partial charge in [0.05, 0.1) is 11.4 Å². The van der Waals surface area contributed by atoms with Crippen LogP contribution in [0.4, 0.5) is 0 Å². The maximum absolute atomic E-state index is 12.2. The van der Waals surface area contributed by atoms with Crippen molar-refractivity contribution >= 4 is 26.8 Å². The number of sulfonamides is 1. The van der Waals surface area contributed by atoms with Crippen LogP contribution in [0.5, 0.6) is 0 Å². The lowest BCUT2D eigenvalue weighted by Gasteiger charge is -2.07. The topological polar surface area (TPSA) is 118 Å². The van der Waals surface area contributed by atoms with Gasteiger partial charge in [0.15, 0.2) is 0 Å². The van der Waals surface area contributed by atoms with E-state index < -0.39 is 33.3 Å². The Morgan fingerprint density at radius 3 is 2.57 bits per heavy atom. The number of aliphatic carboxylic acids is 1. The first-order valence-electron chi connectivity index (χ1n) is 6.20. The van der Waals surface area contributed by atoms with E-state index in [1.54, 1.807) is 6.26 Å². The van der Waals surface area contributed by atoms with Gasteiger partial charge in [0.25, 0.3) is 0 Å². The second-order valence-corrected chi connectivity index (χ2v) is 7.84. The monoisotopic (exact) mass is 337 g/mol. The number of aromatic nitrogens is 2. The van der Waals surface area contributed by atoms with Crippen LogP contribution in [0.1, 0.15) is 17.8 Å². The van der Waals surface area contributed by atoms with Gasteiger partial charge in [-0.25, -0.2) is 13.1 Å². The molecule has 2 N–H and O–H groups in total. The summed E-state index contributed by atoms with van der Waals surface area (Å²) in [5.74, 6) is -0.679. The van der Waals surface area contributed by atoms with E-state index in [0.29, 0.717) is 12.2 Å². The molecule has 0 aliphatic heterocycles. The Morgan fingerprint density at radius 2 is 2.05 bits per heavy atom. The Balaban J connectivity index is 2.90. The number of aryl methyl sites for hydroxylation is 1. The molecule has 0 aromatic carbocycles. The lowest BCUT2D eigenvalue weighted by Crippen LogP contribution is -2.26. The third-order valence-electron chi connectivity index (χ3n) is 2.77. The van der Waals surface area contributed by atoms with Gasteiger partial charge in [-0.1, -0.05) is 0 Å². The van der Waals surface area contributed by atoms with Crippen LogP contribution < -0.4 is 4.72 Å².